The minimum atomic E-state index is -1.08. The van der Waals surface area contributed by atoms with Gasteiger partial charge in [0.1, 0.15) is 0 Å². The van der Waals surface area contributed by atoms with Crippen molar-refractivity contribution in [2.45, 2.75) is 0 Å². The maximum atomic E-state index is 12.0. The van der Waals surface area contributed by atoms with Gasteiger partial charge in [0.25, 0.3) is 5.91 Å². The van der Waals surface area contributed by atoms with Crippen molar-refractivity contribution >= 4 is 33.5 Å². The summed E-state index contributed by atoms with van der Waals surface area (Å²) < 4.78 is 0.784. The fraction of sp³-hybridized carbons (Fsp3) is 0. The maximum absolute atomic E-state index is 12.0. The van der Waals surface area contributed by atoms with Gasteiger partial charge in [-0.15, -0.1) is 0 Å². The second kappa shape index (κ2) is 5.67. The molecule has 0 fully saturated rings. The number of para-hydroxylation sites is 1. The van der Waals surface area contributed by atoms with Gasteiger partial charge in [0.05, 0.1) is 11.3 Å². The third kappa shape index (κ3) is 3.20. The molecule has 0 unspecified atom stereocenters. The quantitative estimate of drug-likeness (QED) is 0.911. The van der Waals surface area contributed by atoms with Gasteiger partial charge in [0.15, 0.2) is 0 Å². The van der Waals surface area contributed by atoms with Crippen LogP contribution in [0.15, 0.2) is 53.0 Å². The summed E-state index contributed by atoms with van der Waals surface area (Å²) in [5.74, 6) is -1.43. The van der Waals surface area contributed by atoms with Crippen molar-refractivity contribution in [2.75, 3.05) is 5.32 Å². The number of amides is 1. The molecule has 0 radical (unpaired) electrons. The third-order valence-corrected chi connectivity index (χ3v) is 2.99. The van der Waals surface area contributed by atoms with Gasteiger partial charge in [0.2, 0.25) is 0 Å². The van der Waals surface area contributed by atoms with Gasteiger partial charge in [-0.25, -0.2) is 4.79 Å². The Morgan fingerprint density at radius 2 is 1.79 bits per heavy atom. The highest BCUT2D eigenvalue weighted by Gasteiger charge is 2.12. The molecule has 0 saturated carbocycles. The van der Waals surface area contributed by atoms with Crippen molar-refractivity contribution in [1.29, 1.82) is 0 Å². The first-order valence-corrected chi connectivity index (χ1v) is 6.26. The molecule has 2 aromatic carbocycles. The van der Waals surface area contributed by atoms with E-state index in [9.17, 15) is 9.59 Å². The average Bonchev–Trinajstić information content (AvgIpc) is 2.39. The molecular formula is C14H10BrNO3. The summed E-state index contributed by atoms with van der Waals surface area (Å²) in [5, 5.41) is 11.6. The molecule has 2 aromatic rings. The minimum absolute atomic E-state index is 0.0610. The molecule has 96 valence electrons. The van der Waals surface area contributed by atoms with Crippen LogP contribution in [0.1, 0.15) is 20.7 Å². The van der Waals surface area contributed by atoms with E-state index in [-0.39, 0.29) is 17.2 Å². The summed E-state index contributed by atoms with van der Waals surface area (Å²) in [7, 11) is 0. The fourth-order valence-electron chi connectivity index (χ4n) is 1.60. The van der Waals surface area contributed by atoms with Gasteiger partial charge in [-0.1, -0.05) is 34.1 Å². The van der Waals surface area contributed by atoms with Crippen LogP contribution in [0, 0.1) is 0 Å². The molecule has 0 aliphatic rings. The molecular weight excluding hydrogens is 310 g/mol. The van der Waals surface area contributed by atoms with Crippen LogP contribution in [0.4, 0.5) is 5.69 Å². The number of hydrogen-bond acceptors (Lipinski definition) is 2. The van der Waals surface area contributed by atoms with E-state index in [1.807, 2.05) is 6.07 Å². The van der Waals surface area contributed by atoms with Crippen molar-refractivity contribution < 1.29 is 14.7 Å². The lowest BCUT2D eigenvalue weighted by molar-refractivity contribution is 0.0698. The zero-order valence-corrected chi connectivity index (χ0v) is 11.3. The molecule has 0 aliphatic carbocycles. The first-order chi connectivity index (χ1) is 9.08. The number of carboxylic acids is 1. The Balaban J connectivity index is 2.27. The van der Waals surface area contributed by atoms with Crippen molar-refractivity contribution in [3.05, 3.63) is 64.1 Å². The molecule has 4 nitrogen and oxygen atoms in total. The standard InChI is InChI=1S/C14H10BrNO3/c15-10-5-3-4-9(8-10)13(17)16-12-7-2-1-6-11(12)14(18)19/h1-8H,(H,16,17)(H,18,19). The second-order valence-electron chi connectivity index (χ2n) is 3.82. The van der Waals surface area contributed by atoms with E-state index in [1.165, 1.54) is 6.07 Å². The van der Waals surface area contributed by atoms with E-state index in [0.29, 0.717) is 5.56 Å². The predicted molar refractivity (Wildman–Crippen MR) is 75.5 cm³/mol. The molecule has 2 N–H and O–H groups in total. The van der Waals surface area contributed by atoms with Crippen molar-refractivity contribution in [1.82, 2.24) is 0 Å². The Morgan fingerprint density at radius 1 is 1.05 bits per heavy atom. The number of halogens is 1. The zero-order chi connectivity index (χ0) is 13.8. The number of benzene rings is 2. The Bertz CT molecular complexity index is 640. The molecule has 5 heteroatoms. The summed E-state index contributed by atoms with van der Waals surface area (Å²) in [4.78, 5) is 23.1. The van der Waals surface area contributed by atoms with Crippen LogP contribution < -0.4 is 5.32 Å². The summed E-state index contributed by atoms with van der Waals surface area (Å²) in [6, 6.07) is 13.1. The molecule has 19 heavy (non-hydrogen) atoms. The Kier molecular flexibility index (Phi) is 3.97. The summed E-state index contributed by atoms with van der Waals surface area (Å²) in [6.07, 6.45) is 0. The van der Waals surface area contributed by atoms with Gasteiger partial charge < -0.3 is 10.4 Å². The highest BCUT2D eigenvalue weighted by Crippen LogP contribution is 2.17. The molecule has 0 heterocycles. The first-order valence-electron chi connectivity index (χ1n) is 5.47. The number of rotatable bonds is 3. The van der Waals surface area contributed by atoms with Gasteiger partial charge in [-0.05, 0) is 30.3 Å². The Labute approximate surface area is 118 Å². The van der Waals surface area contributed by atoms with Gasteiger partial charge in [-0.2, -0.15) is 0 Å². The van der Waals surface area contributed by atoms with Crippen LogP contribution in [0.2, 0.25) is 0 Å². The Morgan fingerprint density at radius 3 is 2.47 bits per heavy atom. The zero-order valence-electron chi connectivity index (χ0n) is 9.76. The average molecular weight is 320 g/mol. The number of aromatic carboxylic acids is 1. The van der Waals surface area contributed by atoms with Crippen molar-refractivity contribution in [2.24, 2.45) is 0 Å². The largest absolute Gasteiger partial charge is 0.478 e. The van der Waals surface area contributed by atoms with E-state index < -0.39 is 5.97 Å². The second-order valence-corrected chi connectivity index (χ2v) is 4.73. The van der Waals surface area contributed by atoms with Crippen LogP contribution >= 0.6 is 15.9 Å². The fourth-order valence-corrected chi connectivity index (χ4v) is 2.00. The lowest BCUT2D eigenvalue weighted by Gasteiger charge is -2.08. The number of carbonyl (C=O) groups is 2. The molecule has 0 atom stereocenters. The van der Waals surface area contributed by atoms with E-state index >= 15 is 0 Å². The van der Waals surface area contributed by atoms with E-state index in [1.54, 1.807) is 36.4 Å². The van der Waals surface area contributed by atoms with Crippen LogP contribution in [0.25, 0.3) is 0 Å². The highest BCUT2D eigenvalue weighted by molar-refractivity contribution is 9.10. The van der Waals surface area contributed by atoms with E-state index in [2.05, 4.69) is 21.2 Å². The minimum Gasteiger partial charge on any atom is -0.478 e. The van der Waals surface area contributed by atoms with E-state index in [0.717, 1.165) is 4.47 Å². The number of carbonyl (C=O) groups excluding carboxylic acids is 1. The number of carboxylic acid groups (broad SMARTS) is 1. The molecule has 0 bridgehead atoms. The molecule has 0 saturated heterocycles. The first kappa shape index (κ1) is 13.3. The summed E-state index contributed by atoms with van der Waals surface area (Å²) in [6.45, 7) is 0. The van der Waals surface area contributed by atoms with Gasteiger partial charge in [-0.3, -0.25) is 4.79 Å². The number of hydrogen-bond donors (Lipinski definition) is 2. The highest BCUT2D eigenvalue weighted by atomic mass is 79.9. The Hall–Kier alpha value is -2.14. The number of anilines is 1. The van der Waals surface area contributed by atoms with Crippen LogP contribution in [-0.4, -0.2) is 17.0 Å². The molecule has 0 spiro atoms. The summed E-state index contributed by atoms with van der Waals surface area (Å²) >= 11 is 3.28. The van der Waals surface area contributed by atoms with E-state index in [4.69, 9.17) is 5.11 Å². The molecule has 1 amide bonds. The summed E-state index contributed by atoms with van der Waals surface area (Å²) in [5.41, 5.74) is 0.792. The monoisotopic (exact) mass is 319 g/mol. The molecule has 0 aliphatic heterocycles. The lowest BCUT2D eigenvalue weighted by Crippen LogP contribution is -2.14. The van der Waals surface area contributed by atoms with Crippen LogP contribution in [0.3, 0.4) is 0 Å². The lowest BCUT2D eigenvalue weighted by atomic mass is 10.1. The van der Waals surface area contributed by atoms with Gasteiger partial charge in [0, 0.05) is 10.0 Å². The smallest absolute Gasteiger partial charge is 0.337 e. The SMILES string of the molecule is O=C(Nc1ccccc1C(=O)O)c1cccc(Br)c1. The maximum Gasteiger partial charge on any atom is 0.337 e. The molecule has 2 rings (SSSR count). The molecule has 0 aromatic heterocycles. The number of nitrogens with one attached hydrogen (secondary N) is 1. The normalized spacial score (nSPS) is 9.95. The van der Waals surface area contributed by atoms with Crippen molar-refractivity contribution in [3.63, 3.8) is 0 Å². The van der Waals surface area contributed by atoms with Crippen LogP contribution in [0.5, 0.6) is 0 Å². The van der Waals surface area contributed by atoms with Crippen LogP contribution in [-0.2, 0) is 0 Å². The predicted octanol–water partition coefficient (Wildman–Crippen LogP) is 3.40. The third-order valence-electron chi connectivity index (χ3n) is 2.49. The van der Waals surface area contributed by atoms with Gasteiger partial charge >= 0.3 is 5.97 Å². The van der Waals surface area contributed by atoms with Crippen molar-refractivity contribution in [3.8, 4) is 0 Å². The topological polar surface area (TPSA) is 66.4 Å².